The Morgan fingerprint density at radius 1 is 1.03 bits per heavy atom. The first-order valence-corrected chi connectivity index (χ1v) is 11.8. The van der Waals surface area contributed by atoms with Gasteiger partial charge in [-0.2, -0.15) is 10.5 Å². The number of nitriles is 2. The number of amides is 1. The maximum absolute atomic E-state index is 12.6. The van der Waals surface area contributed by atoms with Crippen LogP contribution in [-0.4, -0.2) is 12.5 Å². The monoisotopic (exact) mass is 579 g/mol. The highest BCUT2D eigenvalue weighted by Gasteiger charge is 2.15. The van der Waals surface area contributed by atoms with Crippen LogP contribution in [0.15, 0.2) is 75.2 Å². The van der Waals surface area contributed by atoms with Crippen LogP contribution in [0, 0.1) is 22.7 Å². The van der Waals surface area contributed by atoms with Crippen LogP contribution >= 0.6 is 31.9 Å². The summed E-state index contributed by atoms with van der Waals surface area (Å²) in [5.74, 6) is 0.400. The van der Waals surface area contributed by atoms with Crippen LogP contribution in [0.4, 0.5) is 5.69 Å². The van der Waals surface area contributed by atoms with Crippen LogP contribution < -0.4 is 14.8 Å². The zero-order valence-corrected chi connectivity index (χ0v) is 21.3. The summed E-state index contributed by atoms with van der Waals surface area (Å²) in [5, 5.41) is 21.6. The van der Waals surface area contributed by atoms with E-state index in [2.05, 4.69) is 43.2 Å². The van der Waals surface area contributed by atoms with Gasteiger partial charge in [0.25, 0.3) is 5.91 Å². The molecule has 170 valence electrons. The van der Waals surface area contributed by atoms with Crippen molar-refractivity contribution in [1.29, 1.82) is 10.5 Å². The number of benzene rings is 3. The van der Waals surface area contributed by atoms with Gasteiger partial charge in [0.15, 0.2) is 11.5 Å². The van der Waals surface area contributed by atoms with Crippen molar-refractivity contribution >= 4 is 49.5 Å². The SMILES string of the molecule is CCOc1cc(/C=C(\C#N)C(=O)Nc2ccc(Br)cc2)c(Br)cc1OCc1ccccc1C#N. The van der Waals surface area contributed by atoms with Crippen LogP contribution in [0.5, 0.6) is 11.5 Å². The molecule has 0 atom stereocenters. The number of halogens is 2. The lowest BCUT2D eigenvalue weighted by atomic mass is 10.1. The van der Waals surface area contributed by atoms with Gasteiger partial charge in [-0.1, -0.05) is 50.1 Å². The highest BCUT2D eigenvalue weighted by Crippen LogP contribution is 2.35. The third kappa shape index (κ3) is 6.48. The molecule has 0 saturated carbocycles. The molecule has 0 aromatic heterocycles. The van der Waals surface area contributed by atoms with E-state index < -0.39 is 5.91 Å². The van der Waals surface area contributed by atoms with Gasteiger partial charge in [-0.25, -0.2) is 0 Å². The Morgan fingerprint density at radius 3 is 2.41 bits per heavy atom. The normalized spacial score (nSPS) is 10.7. The van der Waals surface area contributed by atoms with Gasteiger partial charge in [0.2, 0.25) is 0 Å². The number of ether oxygens (including phenoxy) is 2. The van der Waals surface area contributed by atoms with E-state index in [1.165, 1.54) is 6.08 Å². The first-order chi connectivity index (χ1) is 16.4. The summed E-state index contributed by atoms with van der Waals surface area (Å²) in [6.45, 7) is 2.42. The number of carbonyl (C=O) groups is 1. The van der Waals surface area contributed by atoms with Crippen LogP contribution in [0.1, 0.15) is 23.6 Å². The van der Waals surface area contributed by atoms with Crippen molar-refractivity contribution in [3.63, 3.8) is 0 Å². The number of rotatable bonds is 8. The van der Waals surface area contributed by atoms with Crippen LogP contribution in [0.25, 0.3) is 6.08 Å². The molecule has 0 radical (unpaired) electrons. The molecule has 1 N–H and O–H groups in total. The van der Waals surface area contributed by atoms with Gasteiger partial charge in [-0.05, 0) is 61.0 Å². The van der Waals surface area contributed by atoms with E-state index in [9.17, 15) is 15.3 Å². The number of nitrogens with zero attached hydrogens (tertiary/aromatic N) is 2. The second kappa shape index (κ2) is 12.0. The van der Waals surface area contributed by atoms with Gasteiger partial charge in [0, 0.05) is 20.2 Å². The highest BCUT2D eigenvalue weighted by molar-refractivity contribution is 9.10. The molecule has 34 heavy (non-hydrogen) atoms. The Hall–Kier alpha value is -3.59. The van der Waals surface area contributed by atoms with Gasteiger partial charge in [-0.3, -0.25) is 4.79 Å². The molecule has 0 saturated heterocycles. The maximum atomic E-state index is 12.6. The van der Waals surface area contributed by atoms with Gasteiger partial charge in [-0.15, -0.1) is 0 Å². The predicted molar refractivity (Wildman–Crippen MR) is 137 cm³/mol. The van der Waals surface area contributed by atoms with E-state index >= 15 is 0 Å². The molecule has 0 bridgehead atoms. The molecule has 0 fully saturated rings. The minimum Gasteiger partial charge on any atom is -0.490 e. The standard InChI is InChI=1S/C26H19Br2N3O3/c1-2-33-24-12-19(11-20(15-30)26(32)31-22-9-7-21(27)8-10-22)23(28)13-25(24)34-16-18-6-4-3-5-17(18)14-29/h3-13H,2,16H2,1H3,(H,31,32)/b20-11+. The summed E-state index contributed by atoms with van der Waals surface area (Å²) in [6.07, 6.45) is 1.48. The van der Waals surface area contributed by atoms with Crippen molar-refractivity contribution in [3.05, 3.63) is 91.9 Å². The summed E-state index contributed by atoms with van der Waals surface area (Å²) in [5.41, 5.74) is 2.38. The first kappa shape index (κ1) is 25.0. The molecule has 3 aromatic carbocycles. The van der Waals surface area contributed by atoms with E-state index in [4.69, 9.17) is 9.47 Å². The number of hydrogen-bond acceptors (Lipinski definition) is 5. The van der Waals surface area contributed by atoms with E-state index in [1.807, 2.05) is 25.1 Å². The molecular weight excluding hydrogens is 562 g/mol. The zero-order valence-electron chi connectivity index (χ0n) is 18.1. The molecule has 0 unspecified atom stereocenters. The summed E-state index contributed by atoms with van der Waals surface area (Å²) in [6, 6.07) is 21.8. The Labute approximate surface area is 214 Å². The Kier molecular flexibility index (Phi) is 8.86. The van der Waals surface area contributed by atoms with E-state index in [-0.39, 0.29) is 12.2 Å². The fraction of sp³-hybridized carbons (Fsp3) is 0.115. The average Bonchev–Trinajstić information content (AvgIpc) is 2.84. The molecule has 1 amide bonds. The number of anilines is 1. The van der Waals surface area contributed by atoms with Crippen LogP contribution in [-0.2, 0) is 11.4 Å². The summed E-state index contributed by atoms with van der Waals surface area (Å²) in [7, 11) is 0. The molecule has 6 nitrogen and oxygen atoms in total. The van der Waals surface area contributed by atoms with Gasteiger partial charge in [0.1, 0.15) is 18.2 Å². The van der Waals surface area contributed by atoms with Gasteiger partial charge in [0.05, 0.1) is 18.2 Å². The first-order valence-electron chi connectivity index (χ1n) is 10.2. The molecule has 0 heterocycles. The Morgan fingerprint density at radius 2 is 1.74 bits per heavy atom. The maximum Gasteiger partial charge on any atom is 0.266 e. The highest BCUT2D eigenvalue weighted by atomic mass is 79.9. The summed E-state index contributed by atoms with van der Waals surface area (Å²) in [4.78, 5) is 12.6. The lowest BCUT2D eigenvalue weighted by Crippen LogP contribution is -2.13. The van der Waals surface area contributed by atoms with Crippen LogP contribution in [0.3, 0.4) is 0 Å². The number of hydrogen-bond donors (Lipinski definition) is 1. The minimum atomic E-state index is -0.525. The molecule has 0 aliphatic rings. The topological polar surface area (TPSA) is 95.1 Å². The van der Waals surface area contributed by atoms with Gasteiger partial charge >= 0.3 is 0 Å². The van der Waals surface area contributed by atoms with Gasteiger partial charge < -0.3 is 14.8 Å². The summed E-state index contributed by atoms with van der Waals surface area (Å²) < 4.78 is 13.2. The molecule has 0 spiro atoms. The molecular formula is C26H19Br2N3O3. The second-order valence-corrected chi connectivity index (χ2v) is 8.71. The smallest absolute Gasteiger partial charge is 0.266 e. The third-order valence-electron chi connectivity index (χ3n) is 4.65. The van der Waals surface area contributed by atoms with E-state index in [0.717, 1.165) is 10.0 Å². The van der Waals surface area contributed by atoms with E-state index in [0.29, 0.717) is 39.4 Å². The zero-order chi connectivity index (χ0) is 24.5. The second-order valence-electron chi connectivity index (χ2n) is 6.94. The lowest BCUT2D eigenvalue weighted by molar-refractivity contribution is -0.112. The van der Waals surface area contributed by atoms with E-state index in [1.54, 1.807) is 48.5 Å². The van der Waals surface area contributed by atoms with Crippen molar-refractivity contribution in [1.82, 2.24) is 0 Å². The van der Waals surface area contributed by atoms with Crippen molar-refractivity contribution in [2.75, 3.05) is 11.9 Å². The molecule has 3 rings (SSSR count). The third-order valence-corrected chi connectivity index (χ3v) is 5.87. The number of carbonyl (C=O) groups excluding carboxylic acids is 1. The minimum absolute atomic E-state index is 0.0670. The van der Waals surface area contributed by atoms with Crippen molar-refractivity contribution in [3.8, 4) is 23.6 Å². The lowest BCUT2D eigenvalue weighted by Gasteiger charge is -2.15. The molecule has 0 aliphatic heterocycles. The quantitative estimate of drug-likeness (QED) is 0.239. The Bertz CT molecular complexity index is 1310. The van der Waals surface area contributed by atoms with Crippen LogP contribution in [0.2, 0.25) is 0 Å². The molecule has 3 aromatic rings. The van der Waals surface area contributed by atoms with Crippen molar-refractivity contribution < 1.29 is 14.3 Å². The predicted octanol–water partition coefficient (Wildman–Crippen LogP) is 6.61. The molecule has 8 heteroatoms. The van der Waals surface area contributed by atoms with Crippen molar-refractivity contribution in [2.24, 2.45) is 0 Å². The number of nitrogens with one attached hydrogen (secondary N) is 1. The average molecular weight is 581 g/mol. The molecule has 0 aliphatic carbocycles. The summed E-state index contributed by atoms with van der Waals surface area (Å²) >= 11 is 6.83. The Balaban J connectivity index is 1.86. The fourth-order valence-electron chi connectivity index (χ4n) is 2.99. The van der Waals surface area contributed by atoms with Crippen molar-refractivity contribution in [2.45, 2.75) is 13.5 Å². The fourth-order valence-corrected chi connectivity index (χ4v) is 3.69. The largest absolute Gasteiger partial charge is 0.490 e.